The van der Waals surface area contributed by atoms with Crippen molar-refractivity contribution in [1.29, 1.82) is 0 Å². The lowest BCUT2D eigenvalue weighted by Crippen LogP contribution is -1.98. The van der Waals surface area contributed by atoms with Gasteiger partial charge in [-0.1, -0.05) is 17.7 Å². The third-order valence-corrected chi connectivity index (χ3v) is 3.46. The van der Waals surface area contributed by atoms with Crippen molar-refractivity contribution >= 4 is 11.5 Å². The Bertz CT molecular complexity index is 491. The van der Waals surface area contributed by atoms with Crippen molar-refractivity contribution in [2.24, 2.45) is 16.8 Å². The van der Waals surface area contributed by atoms with E-state index in [0.717, 1.165) is 11.6 Å². The number of allylic oxidation sites excluding steroid dienone is 6. The van der Waals surface area contributed by atoms with Gasteiger partial charge in [0.15, 0.2) is 5.78 Å². The largest absolute Gasteiger partial charge is 0.292 e. The first-order valence-electron chi connectivity index (χ1n) is 5.82. The maximum atomic E-state index is 11.6. The first-order chi connectivity index (χ1) is 7.63. The van der Waals surface area contributed by atoms with E-state index in [-0.39, 0.29) is 5.78 Å². The van der Waals surface area contributed by atoms with Gasteiger partial charge in [0.05, 0.1) is 6.42 Å². The number of hydrogen-bond acceptors (Lipinski definition) is 2. The van der Waals surface area contributed by atoms with Gasteiger partial charge in [0.1, 0.15) is 5.70 Å². The molecule has 0 amide bonds. The molecule has 3 rings (SSSR count). The molecule has 2 atom stereocenters. The van der Waals surface area contributed by atoms with Gasteiger partial charge in [0.25, 0.3) is 0 Å². The minimum Gasteiger partial charge on any atom is -0.292 e. The number of ketones is 1. The molecule has 2 aliphatic carbocycles. The van der Waals surface area contributed by atoms with Gasteiger partial charge in [0, 0.05) is 5.71 Å². The van der Waals surface area contributed by atoms with Crippen molar-refractivity contribution in [3.8, 4) is 0 Å². The van der Waals surface area contributed by atoms with Gasteiger partial charge in [-0.2, -0.15) is 0 Å². The maximum Gasteiger partial charge on any atom is 0.186 e. The van der Waals surface area contributed by atoms with Crippen LogP contribution in [-0.2, 0) is 4.79 Å². The lowest BCUT2D eigenvalue weighted by molar-refractivity contribution is -0.114. The molecule has 0 aromatic rings. The number of fused-ring (bicyclic) bond motifs is 1. The molecule has 1 heterocycles. The molecule has 0 N–H and O–H groups in total. The summed E-state index contributed by atoms with van der Waals surface area (Å²) in [5.74, 6) is 1.54. The highest BCUT2D eigenvalue weighted by atomic mass is 16.1. The molecule has 2 nitrogen and oxygen atoms in total. The average molecular weight is 213 g/mol. The molecule has 0 saturated heterocycles. The maximum absolute atomic E-state index is 11.6. The Balaban J connectivity index is 1.93. The molecular formula is C14H15NO. The van der Waals surface area contributed by atoms with Gasteiger partial charge in [-0.15, -0.1) is 0 Å². The summed E-state index contributed by atoms with van der Waals surface area (Å²) < 4.78 is 0. The minimum absolute atomic E-state index is 0.169. The SMILES string of the molecule is CC1=CC2CC2C(/C=C2\N=C(C)CC2=O)=C1. The number of carbonyl (C=O) groups is 1. The van der Waals surface area contributed by atoms with Crippen molar-refractivity contribution in [3.05, 3.63) is 35.1 Å². The fraction of sp³-hybridized carbons (Fsp3) is 0.429. The minimum atomic E-state index is 0.169. The Hall–Kier alpha value is -1.44. The second-order valence-electron chi connectivity index (χ2n) is 5.04. The van der Waals surface area contributed by atoms with E-state index < -0.39 is 0 Å². The van der Waals surface area contributed by atoms with E-state index in [4.69, 9.17) is 0 Å². The Kier molecular flexibility index (Phi) is 2.00. The zero-order valence-corrected chi connectivity index (χ0v) is 9.66. The van der Waals surface area contributed by atoms with Crippen LogP contribution >= 0.6 is 0 Å². The molecule has 2 unspecified atom stereocenters. The van der Waals surface area contributed by atoms with Crippen molar-refractivity contribution < 1.29 is 4.79 Å². The van der Waals surface area contributed by atoms with E-state index in [9.17, 15) is 4.79 Å². The summed E-state index contributed by atoms with van der Waals surface area (Å²) in [6, 6.07) is 0. The highest BCUT2D eigenvalue weighted by Crippen LogP contribution is 2.49. The van der Waals surface area contributed by atoms with Gasteiger partial charge in [-0.3, -0.25) is 9.79 Å². The van der Waals surface area contributed by atoms with E-state index in [1.165, 1.54) is 17.6 Å². The number of aliphatic imine (C=N–C) groups is 1. The fourth-order valence-corrected chi connectivity index (χ4v) is 2.59. The lowest BCUT2D eigenvalue weighted by Gasteiger charge is -2.07. The van der Waals surface area contributed by atoms with Crippen molar-refractivity contribution in [2.45, 2.75) is 26.7 Å². The van der Waals surface area contributed by atoms with E-state index in [2.05, 4.69) is 24.1 Å². The molecule has 3 aliphatic rings. The predicted octanol–water partition coefficient (Wildman–Crippen LogP) is 2.83. The summed E-state index contributed by atoms with van der Waals surface area (Å²) >= 11 is 0. The van der Waals surface area contributed by atoms with Gasteiger partial charge in [0.2, 0.25) is 0 Å². The zero-order chi connectivity index (χ0) is 11.3. The van der Waals surface area contributed by atoms with Crippen molar-refractivity contribution in [3.63, 3.8) is 0 Å². The van der Waals surface area contributed by atoms with Gasteiger partial charge in [-0.05, 0) is 43.8 Å². The molecule has 0 radical (unpaired) electrons. The average Bonchev–Trinajstić information content (AvgIpc) is 2.88. The normalized spacial score (nSPS) is 34.5. The summed E-state index contributed by atoms with van der Waals surface area (Å²) in [6.07, 6.45) is 8.27. The summed E-state index contributed by atoms with van der Waals surface area (Å²) in [6.45, 7) is 4.04. The van der Waals surface area contributed by atoms with Gasteiger partial charge in [-0.25, -0.2) is 0 Å². The van der Waals surface area contributed by atoms with Crippen LogP contribution in [0, 0.1) is 11.8 Å². The molecule has 0 aromatic carbocycles. The number of carbonyl (C=O) groups excluding carboxylic acids is 1. The molecule has 0 bridgehead atoms. The number of hydrogen-bond donors (Lipinski definition) is 0. The molecule has 16 heavy (non-hydrogen) atoms. The van der Waals surface area contributed by atoms with E-state index in [0.29, 0.717) is 18.0 Å². The van der Waals surface area contributed by atoms with Crippen LogP contribution in [0.2, 0.25) is 0 Å². The van der Waals surface area contributed by atoms with E-state index >= 15 is 0 Å². The third kappa shape index (κ3) is 1.58. The molecule has 82 valence electrons. The highest BCUT2D eigenvalue weighted by Gasteiger charge is 2.39. The predicted molar refractivity (Wildman–Crippen MR) is 64.3 cm³/mol. The second-order valence-corrected chi connectivity index (χ2v) is 5.04. The highest BCUT2D eigenvalue weighted by molar-refractivity contribution is 6.14. The monoisotopic (exact) mass is 213 g/mol. The molecular weight excluding hydrogens is 198 g/mol. The number of rotatable bonds is 1. The van der Waals surface area contributed by atoms with Crippen LogP contribution in [0.1, 0.15) is 26.7 Å². The fourth-order valence-electron chi connectivity index (χ4n) is 2.59. The number of Topliss-reactive ketones (excluding diaryl/α,β-unsaturated/α-hetero) is 1. The molecule has 2 heteroatoms. The zero-order valence-electron chi connectivity index (χ0n) is 9.66. The summed E-state index contributed by atoms with van der Waals surface area (Å²) in [4.78, 5) is 15.9. The second kappa shape index (κ2) is 3.27. The molecule has 0 aromatic heterocycles. The Morgan fingerprint density at radius 2 is 2.25 bits per heavy atom. The first kappa shape index (κ1) is 9.76. The lowest BCUT2D eigenvalue weighted by atomic mass is 9.99. The molecule has 1 saturated carbocycles. The molecule has 1 aliphatic heterocycles. The summed E-state index contributed by atoms with van der Waals surface area (Å²) in [7, 11) is 0. The van der Waals surface area contributed by atoms with Gasteiger partial charge >= 0.3 is 0 Å². The van der Waals surface area contributed by atoms with Gasteiger partial charge < -0.3 is 0 Å². The number of nitrogens with zero attached hydrogens (tertiary/aromatic N) is 1. The Labute approximate surface area is 95.5 Å². The molecule has 1 fully saturated rings. The first-order valence-corrected chi connectivity index (χ1v) is 5.82. The van der Waals surface area contributed by atoms with Crippen molar-refractivity contribution in [1.82, 2.24) is 0 Å². The van der Waals surface area contributed by atoms with E-state index in [1.807, 2.05) is 13.0 Å². The summed E-state index contributed by atoms with van der Waals surface area (Å²) in [5, 5.41) is 0. The van der Waals surface area contributed by atoms with Crippen LogP contribution in [0.5, 0.6) is 0 Å². The van der Waals surface area contributed by atoms with Crippen LogP contribution in [-0.4, -0.2) is 11.5 Å². The quantitative estimate of drug-likeness (QED) is 0.616. The Morgan fingerprint density at radius 1 is 1.44 bits per heavy atom. The van der Waals surface area contributed by atoms with Crippen LogP contribution in [0.15, 0.2) is 40.1 Å². The van der Waals surface area contributed by atoms with Crippen LogP contribution in [0.4, 0.5) is 0 Å². The Morgan fingerprint density at radius 3 is 2.94 bits per heavy atom. The molecule has 0 spiro atoms. The topological polar surface area (TPSA) is 29.4 Å². The smallest absolute Gasteiger partial charge is 0.186 e. The van der Waals surface area contributed by atoms with Crippen LogP contribution < -0.4 is 0 Å². The van der Waals surface area contributed by atoms with Crippen molar-refractivity contribution in [2.75, 3.05) is 0 Å². The van der Waals surface area contributed by atoms with Crippen LogP contribution in [0.3, 0.4) is 0 Å². The standard InChI is InChI=1S/C14H15NO/c1-8-3-10-6-12(10)11(4-8)7-13-14(16)5-9(2)15-13/h3-4,7,10,12H,5-6H2,1-2H3/b13-7-. The van der Waals surface area contributed by atoms with E-state index in [1.54, 1.807) is 0 Å². The third-order valence-electron chi connectivity index (χ3n) is 3.46. The van der Waals surface area contributed by atoms with Crippen LogP contribution in [0.25, 0.3) is 0 Å². The summed E-state index contributed by atoms with van der Waals surface area (Å²) in [5.41, 5.74) is 4.21.